The zero-order chi connectivity index (χ0) is 12.0. The summed E-state index contributed by atoms with van der Waals surface area (Å²) in [6, 6.07) is 0.637. The van der Waals surface area contributed by atoms with Crippen LogP contribution in [0.25, 0.3) is 0 Å². The molecule has 1 saturated heterocycles. The van der Waals surface area contributed by atoms with E-state index in [0.29, 0.717) is 6.04 Å². The van der Waals surface area contributed by atoms with Crippen LogP contribution in [-0.2, 0) is 0 Å². The number of likely N-dealkylation sites (N-methyl/N-ethyl adjacent to an activating group) is 3. The van der Waals surface area contributed by atoms with Crippen molar-refractivity contribution in [1.29, 1.82) is 0 Å². The van der Waals surface area contributed by atoms with Gasteiger partial charge in [0.2, 0.25) is 0 Å². The third kappa shape index (κ3) is 5.25. The van der Waals surface area contributed by atoms with E-state index in [2.05, 4.69) is 48.1 Å². The van der Waals surface area contributed by atoms with E-state index in [1.165, 1.54) is 0 Å². The van der Waals surface area contributed by atoms with Crippen LogP contribution in [-0.4, -0.2) is 87.7 Å². The number of hydrogen-bond acceptors (Lipinski definition) is 4. The van der Waals surface area contributed by atoms with Crippen LogP contribution in [0, 0.1) is 0 Å². The summed E-state index contributed by atoms with van der Waals surface area (Å²) in [5.74, 6) is 0. The highest BCUT2D eigenvalue weighted by atomic mass is 15.2. The lowest BCUT2D eigenvalue weighted by Crippen LogP contribution is -2.45. The topological polar surface area (TPSA) is 21.8 Å². The Labute approximate surface area is 101 Å². The molecule has 1 aliphatic heterocycles. The van der Waals surface area contributed by atoms with Crippen LogP contribution >= 0.6 is 0 Å². The van der Waals surface area contributed by atoms with Crippen molar-refractivity contribution in [2.45, 2.75) is 13.0 Å². The van der Waals surface area contributed by atoms with Crippen molar-refractivity contribution in [3.8, 4) is 0 Å². The summed E-state index contributed by atoms with van der Waals surface area (Å²) in [7, 11) is 6.65. The highest BCUT2D eigenvalue weighted by Gasteiger charge is 2.12. The lowest BCUT2D eigenvalue weighted by atomic mass is 10.2. The molecule has 1 heterocycles. The molecule has 1 rings (SSSR count). The second kappa shape index (κ2) is 7.22. The molecule has 1 atom stereocenters. The summed E-state index contributed by atoms with van der Waals surface area (Å²) in [6.07, 6.45) is 0. The maximum Gasteiger partial charge on any atom is 0.0192 e. The molecule has 0 aromatic rings. The SMILES string of the molecule is CC1CN(C)CCNCCN(C)CCN1C. The maximum absolute atomic E-state index is 3.49. The minimum atomic E-state index is 0.637. The molecule has 1 fully saturated rings. The van der Waals surface area contributed by atoms with Crippen molar-refractivity contribution in [2.24, 2.45) is 0 Å². The molecule has 4 heteroatoms. The van der Waals surface area contributed by atoms with Gasteiger partial charge in [0.1, 0.15) is 0 Å². The molecule has 0 aromatic heterocycles. The van der Waals surface area contributed by atoms with Crippen LogP contribution < -0.4 is 5.32 Å². The molecule has 0 aliphatic carbocycles. The van der Waals surface area contributed by atoms with Crippen molar-refractivity contribution >= 4 is 0 Å². The minimum Gasteiger partial charge on any atom is -0.314 e. The molecule has 1 aliphatic rings. The molecule has 0 amide bonds. The first kappa shape index (κ1) is 13.9. The fourth-order valence-corrected chi connectivity index (χ4v) is 2.01. The lowest BCUT2D eigenvalue weighted by molar-refractivity contribution is 0.168. The van der Waals surface area contributed by atoms with Crippen LogP contribution in [0.5, 0.6) is 0 Å². The predicted molar refractivity (Wildman–Crippen MR) is 70.0 cm³/mol. The van der Waals surface area contributed by atoms with Gasteiger partial charge < -0.3 is 20.0 Å². The Kier molecular flexibility index (Phi) is 6.28. The van der Waals surface area contributed by atoms with Gasteiger partial charge in [-0.2, -0.15) is 0 Å². The Morgan fingerprint density at radius 1 is 0.875 bits per heavy atom. The molecule has 0 bridgehead atoms. The van der Waals surface area contributed by atoms with E-state index in [9.17, 15) is 0 Å². The summed E-state index contributed by atoms with van der Waals surface area (Å²) in [6.45, 7) is 10.3. The number of rotatable bonds is 0. The van der Waals surface area contributed by atoms with E-state index in [1.807, 2.05) is 0 Å². The van der Waals surface area contributed by atoms with Gasteiger partial charge >= 0.3 is 0 Å². The standard InChI is InChI=1S/C12H28N4/c1-12-11-15(3)8-6-13-5-7-14(2)9-10-16(12)4/h12-13H,5-11H2,1-4H3. The van der Waals surface area contributed by atoms with Crippen LogP contribution in [0.1, 0.15) is 6.92 Å². The monoisotopic (exact) mass is 228 g/mol. The number of nitrogens with zero attached hydrogens (tertiary/aromatic N) is 3. The Morgan fingerprint density at radius 2 is 1.50 bits per heavy atom. The lowest BCUT2D eigenvalue weighted by Gasteiger charge is -2.31. The van der Waals surface area contributed by atoms with Crippen molar-refractivity contribution in [3.63, 3.8) is 0 Å². The molecule has 0 saturated carbocycles. The molecule has 0 spiro atoms. The molecular weight excluding hydrogens is 200 g/mol. The quantitative estimate of drug-likeness (QED) is 0.618. The first-order valence-corrected chi connectivity index (χ1v) is 6.37. The average Bonchev–Trinajstić information content (AvgIpc) is 2.23. The average molecular weight is 228 g/mol. The Morgan fingerprint density at radius 3 is 2.19 bits per heavy atom. The molecule has 16 heavy (non-hydrogen) atoms. The highest BCUT2D eigenvalue weighted by Crippen LogP contribution is 1.99. The first-order valence-electron chi connectivity index (χ1n) is 6.37. The molecule has 1 unspecified atom stereocenters. The van der Waals surface area contributed by atoms with Crippen LogP contribution in [0.15, 0.2) is 0 Å². The minimum absolute atomic E-state index is 0.637. The normalized spacial score (nSPS) is 29.6. The van der Waals surface area contributed by atoms with Gasteiger partial charge in [0.05, 0.1) is 0 Å². The fraction of sp³-hybridized carbons (Fsp3) is 1.00. The first-order chi connectivity index (χ1) is 7.59. The predicted octanol–water partition coefficient (Wildman–Crippen LogP) is -0.226. The van der Waals surface area contributed by atoms with Gasteiger partial charge in [0, 0.05) is 51.9 Å². The second-order valence-corrected chi connectivity index (χ2v) is 5.15. The summed E-state index contributed by atoms with van der Waals surface area (Å²) in [5, 5.41) is 3.49. The van der Waals surface area contributed by atoms with Gasteiger partial charge in [-0.3, -0.25) is 0 Å². The van der Waals surface area contributed by atoms with E-state index < -0.39 is 0 Å². The van der Waals surface area contributed by atoms with Gasteiger partial charge in [0.15, 0.2) is 0 Å². The smallest absolute Gasteiger partial charge is 0.0192 e. The van der Waals surface area contributed by atoms with E-state index in [0.717, 1.165) is 45.8 Å². The van der Waals surface area contributed by atoms with Gasteiger partial charge in [0.25, 0.3) is 0 Å². The third-order valence-electron chi connectivity index (χ3n) is 3.50. The van der Waals surface area contributed by atoms with Gasteiger partial charge in [-0.1, -0.05) is 0 Å². The molecule has 0 aromatic carbocycles. The van der Waals surface area contributed by atoms with E-state index in [4.69, 9.17) is 0 Å². The molecule has 4 nitrogen and oxygen atoms in total. The van der Waals surface area contributed by atoms with E-state index in [1.54, 1.807) is 0 Å². The maximum atomic E-state index is 3.49. The van der Waals surface area contributed by atoms with Crippen LogP contribution in [0.2, 0.25) is 0 Å². The van der Waals surface area contributed by atoms with Gasteiger partial charge in [-0.05, 0) is 28.1 Å². The van der Waals surface area contributed by atoms with Crippen molar-refractivity contribution in [1.82, 2.24) is 20.0 Å². The Bertz CT molecular complexity index is 186. The number of hydrogen-bond donors (Lipinski definition) is 1. The van der Waals surface area contributed by atoms with Gasteiger partial charge in [-0.15, -0.1) is 0 Å². The fourth-order valence-electron chi connectivity index (χ4n) is 2.01. The Hall–Kier alpha value is -0.160. The second-order valence-electron chi connectivity index (χ2n) is 5.15. The zero-order valence-corrected chi connectivity index (χ0v) is 11.4. The van der Waals surface area contributed by atoms with E-state index >= 15 is 0 Å². The molecule has 0 radical (unpaired) electrons. The summed E-state index contributed by atoms with van der Waals surface area (Å²) in [5.41, 5.74) is 0. The van der Waals surface area contributed by atoms with Crippen molar-refractivity contribution in [3.05, 3.63) is 0 Å². The van der Waals surface area contributed by atoms with Crippen molar-refractivity contribution < 1.29 is 0 Å². The highest BCUT2D eigenvalue weighted by molar-refractivity contribution is 4.70. The van der Waals surface area contributed by atoms with Crippen molar-refractivity contribution in [2.75, 3.05) is 67.0 Å². The zero-order valence-electron chi connectivity index (χ0n) is 11.4. The largest absolute Gasteiger partial charge is 0.314 e. The van der Waals surface area contributed by atoms with Crippen LogP contribution in [0.3, 0.4) is 0 Å². The van der Waals surface area contributed by atoms with Crippen LogP contribution in [0.4, 0.5) is 0 Å². The molecular formula is C12H28N4. The summed E-state index contributed by atoms with van der Waals surface area (Å²) in [4.78, 5) is 7.28. The summed E-state index contributed by atoms with van der Waals surface area (Å²) < 4.78 is 0. The number of nitrogens with one attached hydrogen (secondary N) is 1. The Balaban J connectivity index is 2.43. The third-order valence-corrected chi connectivity index (χ3v) is 3.50. The molecule has 1 N–H and O–H groups in total. The summed E-state index contributed by atoms with van der Waals surface area (Å²) >= 11 is 0. The van der Waals surface area contributed by atoms with Gasteiger partial charge in [-0.25, -0.2) is 0 Å². The van der Waals surface area contributed by atoms with E-state index in [-0.39, 0.29) is 0 Å². The molecule has 96 valence electrons.